The molecule has 0 aliphatic heterocycles. The number of nitrogens with two attached hydrogens (primary N) is 1. The van der Waals surface area contributed by atoms with Crippen LogP contribution in [0.5, 0.6) is 0 Å². The summed E-state index contributed by atoms with van der Waals surface area (Å²) >= 11 is 0. The summed E-state index contributed by atoms with van der Waals surface area (Å²) in [5, 5.41) is 8.60. The Balaban J connectivity index is 2.93. The van der Waals surface area contributed by atoms with Crippen LogP contribution >= 0.6 is 0 Å². The number of rotatable bonds is 6. The van der Waals surface area contributed by atoms with Crippen molar-refractivity contribution < 1.29 is 27.4 Å². The van der Waals surface area contributed by atoms with Crippen molar-refractivity contribution in [3.8, 4) is 0 Å². The molecule has 0 aromatic heterocycles. The van der Waals surface area contributed by atoms with Gasteiger partial charge in [0.05, 0.1) is 11.7 Å². The van der Waals surface area contributed by atoms with Gasteiger partial charge in [-0.15, -0.1) is 0 Å². The Kier molecular flexibility index (Phi) is 5.71. The third kappa shape index (κ3) is 4.45. The SMILES string of the molecule is NCC(OCCCO)c1ccc(F)c(C(F)(F)F)c1. The van der Waals surface area contributed by atoms with Crippen LogP contribution in [-0.4, -0.2) is 24.9 Å². The van der Waals surface area contributed by atoms with Crippen molar-refractivity contribution in [3.63, 3.8) is 0 Å². The molecular weight excluding hydrogens is 266 g/mol. The zero-order valence-corrected chi connectivity index (χ0v) is 10.1. The smallest absolute Gasteiger partial charge is 0.396 e. The molecule has 0 spiro atoms. The highest BCUT2D eigenvalue weighted by Crippen LogP contribution is 2.33. The molecule has 1 aromatic carbocycles. The molecule has 0 saturated heterocycles. The molecule has 1 atom stereocenters. The predicted octanol–water partition coefficient (Wildman–Crippen LogP) is 2.24. The maximum absolute atomic E-state index is 13.1. The first-order chi connectivity index (χ1) is 8.90. The predicted molar refractivity (Wildman–Crippen MR) is 60.9 cm³/mol. The van der Waals surface area contributed by atoms with E-state index in [9.17, 15) is 17.6 Å². The number of hydrogen-bond acceptors (Lipinski definition) is 3. The second-order valence-electron chi connectivity index (χ2n) is 3.91. The molecule has 0 fully saturated rings. The number of alkyl halides is 3. The Morgan fingerprint density at radius 1 is 1.32 bits per heavy atom. The van der Waals surface area contributed by atoms with Crippen LogP contribution in [-0.2, 0) is 10.9 Å². The van der Waals surface area contributed by atoms with Crippen LogP contribution in [0.15, 0.2) is 18.2 Å². The van der Waals surface area contributed by atoms with Gasteiger partial charge in [0, 0.05) is 19.8 Å². The monoisotopic (exact) mass is 281 g/mol. The van der Waals surface area contributed by atoms with Crippen molar-refractivity contribution in [2.75, 3.05) is 19.8 Å². The van der Waals surface area contributed by atoms with Gasteiger partial charge in [0.1, 0.15) is 5.82 Å². The molecule has 0 aliphatic rings. The Labute approximate surface area is 108 Å². The lowest BCUT2D eigenvalue weighted by molar-refractivity contribution is -0.140. The number of aliphatic hydroxyl groups excluding tert-OH is 1. The molecule has 1 unspecified atom stereocenters. The highest BCUT2D eigenvalue weighted by Gasteiger charge is 2.34. The van der Waals surface area contributed by atoms with Crippen LogP contribution in [0.25, 0.3) is 0 Å². The standard InChI is InChI=1S/C12H15F4NO2/c13-10-3-2-8(6-9(10)12(14,15)16)11(7-17)19-5-1-4-18/h2-3,6,11,18H,1,4-5,7,17H2. The summed E-state index contributed by atoms with van der Waals surface area (Å²) in [4.78, 5) is 0. The van der Waals surface area contributed by atoms with Crippen molar-refractivity contribution in [2.45, 2.75) is 18.7 Å². The van der Waals surface area contributed by atoms with E-state index in [1.54, 1.807) is 0 Å². The van der Waals surface area contributed by atoms with Crippen molar-refractivity contribution in [2.24, 2.45) is 5.73 Å². The zero-order valence-electron chi connectivity index (χ0n) is 10.1. The van der Waals surface area contributed by atoms with E-state index in [1.807, 2.05) is 0 Å². The number of halogens is 4. The zero-order chi connectivity index (χ0) is 14.5. The molecule has 1 rings (SSSR count). The molecule has 0 amide bonds. The molecule has 0 bridgehead atoms. The fourth-order valence-electron chi connectivity index (χ4n) is 1.55. The van der Waals surface area contributed by atoms with Crippen LogP contribution in [0.3, 0.4) is 0 Å². The van der Waals surface area contributed by atoms with Gasteiger partial charge in [0.25, 0.3) is 0 Å². The van der Waals surface area contributed by atoms with E-state index in [4.69, 9.17) is 15.6 Å². The second kappa shape index (κ2) is 6.83. The summed E-state index contributed by atoms with van der Waals surface area (Å²) < 4.78 is 56.0. The van der Waals surface area contributed by atoms with Crippen molar-refractivity contribution in [1.82, 2.24) is 0 Å². The quantitative estimate of drug-likeness (QED) is 0.621. The molecule has 0 saturated carbocycles. The average molecular weight is 281 g/mol. The lowest BCUT2D eigenvalue weighted by atomic mass is 10.0. The molecular formula is C12H15F4NO2. The lowest BCUT2D eigenvalue weighted by Gasteiger charge is -2.18. The van der Waals surface area contributed by atoms with Gasteiger partial charge in [-0.1, -0.05) is 6.07 Å². The van der Waals surface area contributed by atoms with Crippen LogP contribution in [0.2, 0.25) is 0 Å². The lowest BCUT2D eigenvalue weighted by Crippen LogP contribution is -2.18. The minimum atomic E-state index is -4.76. The van der Waals surface area contributed by atoms with Gasteiger partial charge < -0.3 is 15.6 Å². The van der Waals surface area contributed by atoms with Gasteiger partial charge in [0.2, 0.25) is 0 Å². The maximum atomic E-state index is 13.1. The first-order valence-corrected chi connectivity index (χ1v) is 5.69. The van der Waals surface area contributed by atoms with E-state index in [2.05, 4.69) is 0 Å². The van der Waals surface area contributed by atoms with Crippen molar-refractivity contribution in [1.29, 1.82) is 0 Å². The van der Waals surface area contributed by atoms with Crippen LogP contribution in [0.1, 0.15) is 23.7 Å². The Morgan fingerprint density at radius 3 is 2.53 bits per heavy atom. The van der Waals surface area contributed by atoms with Gasteiger partial charge in [-0.3, -0.25) is 0 Å². The van der Waals surface area contributed by atoms with Crippen molar-refractivity contribution in [3.05, 3.63) is 35.1 Å². The molecule has 19 heavy (non-hydrogen) atoms. The molecule has 1 aromatic rings. The highest BCUT2D eigenvalue weighted by atomic mass is 19.4. The number of aliphatic hydroxyl groups is 1. The first-order valence-electron chi connectivity index (χ1n) is 5.69. The van der Waals surface area contributed by atoms with E-state index in [1.165, 1.54) is 6.07 Å². The summed E-state index contributed by atoms with van der Waals surface area (Å²) in [5.41, 5.74) is 4.24. The maximum Gasteiger partial charge on any atom is 0.419 e. The summed E-state index contributed by atoms with van der Waals surface area (Å²) in [6.45, 7) is 0.0416. The highest BCUT2D eigenvalue weighted by molar-refractivity contribution is 5.29. The summed E-state index contributed by atoms with van der Waals surface area (Å²) in [6.07, 6.45) is -5.16. The molecule has 3 N–H and O–H groups in total. The number of ether oxygens (including phenoxy) is 1. The van der Waals surface area contributed by atoms with Crippen molar-refractivity contribution >= 4 is 0 Å². The van der Waals surface area contributed by atoms with Crippen LogP contribution < -0.4 is 5.73 Å². The molecule has 108 valence electrons. The summed E-state index contributed by atoms with van der Waals surface area (Å²) in [5.74, 6) is -1.33. The van der Waals surface area contributed by atoms with Gasteiger partial charge in [-0.05, 0) is 24.1 Å². The normalized spacial score (nSPS) is 13.6. The van der Waals surface area contributed by atoms with E-state index in [0.29, 0.717) is 12.5 Å². The van der Waals surface area contributed by atoms with E-state index in [0.717, 1.165) is 6.07 Å². The van der Waals surface area contributed by atoms with E-state index in [-0.39, 0.29) is 25.3 Å². The average Bonchev–Trinajstić information content (AvgIpc) is 2.34. The molecule has 0 radical (unpaired) electrons. The molecule has 7 heteroatoms. The minimum absolute atomic E-state index is 0.0334. The van der Waals surface area contributed by atoms with E-state index < -0.39 is 23.7 Å². The third-order valence-electron chi connectivity index (χ3n) is 2.50. The fraction of sp³-hybridized carbons (Fsp3) is 0.500. The minimum Gasteiger partial charge on any atom is -0.396 e. The van der Waals surface area contributed by atoms with Gasteiger partial charge in [-0.25, -0.2) is 4.39 Å². The summed E-state index contributed by atoms with van der Waals surface area (Å²) in [6, 6.07) is 2.66. The van der Waals surface area contributed by atoms with Crippen LogP contribution in [0.4, 0.5) is 17.6 Å². The Bertz CT molecular complexity index is 409. The summed E-state index contributed by atoms with van der Waals surface area (Å²) in [7, 11) is 0. The topological polar surface area (TPSA) is 55.5 Å². The Morgan fingerprint density at radius 2 is 2.00 bits per heavy atom. The number of benzene rings is 1. The van der Waals surface area contributed by atoms with Crippen LogP contribution in [0, 0.1) is 5.82 Å². The van der Waals surface area contributed by atoms with Gasteiger partial charge in [-0.2, -0.15) is 13.2 Å². The molecule has 0 heterocycles. The Hall–Kier alpha value is -1.18. The first kappa shape index (κ1) is 15.9. The van der Waals surface area contributed by atoms with Gasteiger partial charge >= 0.3 is 6.18 Å². The van der Waals surface area contributed by atoms with E-state index >= 15 is 0 Å². The largest absolute Gasteiger partial charge is 0.419 e. The van der Waals surface area contributed by atoms with Gasteiger partial charge in [0.15, 0.2) is 0 Å². The molecule has 0 aliphatic carbocycles. The third-order valence-corrected chi connectivity index (χ3v) is 2.50. The fourth-order valence-corrected chi connectivity index (χ4v) is 1.55. The molecule has 3 nitrogen and oxygen atoms in total. The number of hydrogen-bond donors (Lipinski definition) is 2. The second-order valence-corrected chi connectivity index (χ2v) is 3.91.